The van der Waals surface area contributed by atoms with Gasteiger partial charge in [0.25, 0.3) is 0 Å². The zero-order valence-corrected chi connectivity index (χ0v) is 14.5. The minimum Gasteiger partial charge on any atom is -0.295 e. The van der Waals surface area contributed by atoms with Gasteiger partial charge in [0, 0.05) is 6.42 Å². The summed E-state index contributed by atoms with van der Waals surface area (Å²) < 4.78 is 0. The van der Waals surface area contributed by atoms with E-state index in [-0.39, 0.29) is 11.2 Å². The molecule has 2 aromatic rings. The molecule has 1 aliphatic rings. The molecule has 0 aromatic heterocycles. The van der Waals surface area contributed by atoms with Gasteiger partial charge in [-0.3, -0.25) is 4.79 Å². The quantitative estimate of drug-likeness (QED) is 0.495. The minimum atomic E-state index is 0.00394. The number of hydrogen-bond donors (Lipinski definition) is 0. The highest BCUT2D eigenvalue weighted by atomic mass is 16.1. The van der Waals surface area contributed by atoms with Gasteiger partial charge in [-0.1, -0.05) is 86.2 Å². The molecule has 3 rings (SSSR count). The highest BCUT2D eigenvalue weighted by molar-refractivity contribution is 6.00. The molecule has 0 bridgehead atoms. The first-order valence-corrected chi connectivity index (χ1v) is 8.55. The lowest BCUT2D eigenvalue weighted by Gasteiger charge is -2.21. The number of Topliss-reactive ketones (excluding diaryl/α,β-unsaturated/α-hetero) is 1. The zero-order chi connectivity index (χ0) is 17.0. The summed E-state index contributed by atoms with van der Waals surface area (Å²) in [6.07, 6.45) is 6.62. The number of ketones is 1. The Morgan fingerprint density at radius 1 is 0.792 bits per heavy atom. The van der Waals surface area contributed by atoms with Crippen molar-refractivity contribution in [3.05, 3.63) is 82.9 Å². The van der Waals surface area contributed by atoms with E-state index >= 15 is 0 Å². The van der Waals surface area contributed by atoms with Crippen molar-refractivity contribution >= 4 is 17.9 Å². The van der Waals surface area contributed by atoms with Gasteiger partial charge in [0.15, 0.2) is 5.78 Å². The Labute approximate surface area is 144 Å². The highest BCUT2D eigenvalue weighted by Crippen LogP contribution is 2.38. The number of rotatable bonds is 2. The maximum Gasteiger partial charge on any atom is 0.159 e. The van der Waals surface area contributed by atoms with Crippen LogP contribution >= 0.6 is 0 Å². The van der Waals surface area contributed by atoms with Gasteiger partial charge in [-0.25, -0.2) is 0 Å². The fraction of sp³-hybridized carbons (Fsp3) is 0.261. The van der Waals surface area contributed by atoms with Crippen molar-refractivity contribution in [1.29, 1.82) is 0 Å². The van der Waals surface area contributed by atoms with Crippen LogP contribution < -0.4 is 0 Å². The summed E-state index contributed by atoms with van der Waals surface area (Å²) in [5.41, 5.74) is 4.56. The van der Waals surface area contributed by atoms with E-state index in [0.717, 1.165) is 24.0 Å². The second-order valence-corrected chi connectivity index (χ2v) is 7.41. The van der Waals surface area contributed by atoms with Crippen LogP contribution in [0.3, 0.4) is 0 Å². The maximum absolute atomic E-state index is 12.7. The Bertz CT molecular complexity index is 764. The second kappa shape index (κ2) is 7.00. The van der Waals surface area contributed by atoms with Crippen molar-refractivity contribution < 1.29 is 4.79 Å². The first kappa shape index (κ1) is 16.4. The van der Waals surface area contributed by atoms with Gasteiger partial charge in [-0.05, 0) is 41.0 Å². The van der Waals surface area contributed by atoms with Crippen LogP contribution in [0.15, 0.2) is 71.8 Å². The number of benzene rings is 2. The van der Waals surface area contributed by atoms with Gasteiger partial charge in [0.05, 0.1) is 0 Å². The van der Waals surface area contributed by atoms with Crippen LogP contribution in [0.4, 0.5) is 0 Å². The molecule has 0 atom stereocenters. The zero-order valence-electron chi connectivity index (χ0n) is 14.5. The molecule has 1 saturated carbocycles. The van der Waals surface area contributed by atoms with Crippen molar-refractivity contribution in [3.63, 3.8) is 0 Å². The first-order valence-electron chi connectivity index (χ1n) is 8.55. The van der Waals surface area contributed by atoms with Crippen molar-refractivity contribution in [1.82, 2.24) is 0 Å². The molecule has 0 N–H and O–H groups in total. The van der Waals surface area contributed by atoms with Crippen LogP contribution in [0.1, 0.15) is 44.2 Å². The number of allylic oxidation sites excluding steroid dienone is 2. The molecular weight excluding hydrogens is 292 g/mol. The summed E-state index contributed by atoms with van der Waals surface area (Å²) in [4.78, 5) is 12.7. The molecule has 1 fully saturated rings. The predicted molar refractivity (Wildman–Crippen MR) is 101 cm³/mol. The first-order chi connectivity index (χ1) is 11.5. The second-order valence-electron chi connectivity index (χ2n) is 7.41. The topological polar surface area (TPSA) is 17.1 Å². The van der Waals surface area contributed by atoms with Crippen molar-refractivity contribution in [3.8, 4) is 0 Å². The van der Waals surface area contributed by atoms with E-state index in [1.165, 1.54) is 11.1 Å². The molecule has 0 saturated heterocycles. The van der Waals surface area contributed by atoms with Gasteiger partial charge in [-0.2, -0.15) is 0 Å². The Morgan fingerprint density at radius 2 is 1.33 bits per heavy atom. The highest BCUT2D eigenvalue weighted by Gasteiger charge is 2.29. The van der Waals surface area contributed by atoms with E-state index in [1.54, 1.807) is 0 Å². The average Bonchev–Trinajstić information content (AvgIpc) is 2.65. The maximum atomic E-state index is 12.7. The normalized spacial score (nSPS) is 21.0. The minimum absolute atomic E-state index is 0.00394. The van der Waals surface area contributed by atoms with E-state index in [0.29, 0.717) is 6.42 Å². The third kappa shape index (κ3) is 4.32. The van der Waals surface area contributed by atoms with Crippen LogP contribution in [-0.2, 0) is 4.79 Å². The fourth-order valence-corrected chi connectivity index (χ4v) is 3.40. The smallest absolute Gasteiger partial charge is 0.159 e. The Balaban J connectivity index is 1.97. The molecular formula is C23H24O. The summed E-state index contributed by atoms with van der Waals surface area (Å²) >= 11 is 0. The Hall–Kier alpha value is -2.41. The third-order valence-electron chi connectivity index (χ3n) is 4.43. The van der Waals surface area contributed by atoms with Gasteiger partial charge < -0.3 is 0 Å². The van der Waals surface area contributed by atoms with Crippen molar-refractivity contribution in [2.24, 2.45) is 5.41 Å². The number of carbonyl (C=O) groups excluding carboxylic acids is 1. The largest absolute Gasteiger partial charge is 0.295 e. The van der Waals surface area contributed by atoms with Crippen molar-refractivity contribution in [2.75, 3.05) is 0 Å². The fourth-order valence-electron chi connectivity index (χ4n) is 3.40. The Morgan fingerprint density at radius 3 is 1.92 bits per heavy atom. The standard InChI is InChI=1S/C23H24O/c1-23(2)16-20(13-18-9-5-3-6-10-18)15-21(22(24)17-23)14-19-11-7-4-8-12-19/h3-14H,15-17H2,1-2H3/b20-13+,21-14-. The van der Waals surface area contributed by atoms with E-state index < -0.39 is 0 Å². The summed E-state index contributed by atoms with van der Waals surface area (Å²) in [6.45, 7) is 4.38. The molecule has 0 aliphatic heterocycles. The van der Waals surface area contributed by atoms with Crippen LogP contribution in [0.5, 0.6) is 0 Å². The molecule has 2 aromatic carbocycles. The molecule has 0 heterocycles. The molecule has 0 amide bonds. The predicted octanol–water partition coefficient (Wildman–Crippen LogP) is 5.93. The van der Waals surface area contributed by atoms with Gasteiger partial charge in [0.2, 0.25) is 0 Å². The van der Waals surface area contributed by atoms with E-state index in [2.05, 4.69) is 62.4 Å². The van der Waals surface area contributed by atoms with Crippen LogP contribution in [0.25, 0.3) is 12.2 Å². The van der Waals surface area contributed by atoms with Gasteiger partial charge in [-0.15, -0.1) is 0 Å². The molecule has 1 heteroatoms. The molecule has 1 aliphatic carbocycles. The molecule has 0 radical (unpaired) electrons. The van der Waals surface area contributed by atoms with Gasteiger partial charge >= 0.3 is 0 Å². The molecule has 122 valence electrons. The summed E-state index contributed by atoms with van der Waals surface area (Å²) in [7, 11) is 0. The average molecular weight is 316 g/mol. The molecule has 1 nitrogen and oxygen atoms in total. The monoisotopic (exact) mass is 316 g/mol. The molecule has 24 heavy (non-hydrogen) atoms. The summed E-state index contributed by atoms with van der Waals surface area (Å²) in [5.74, 6) is 0.278. The van der Waals surface area contributed by atoms with E-state index in [9.17, 15) is 4.79 Å². The third-order valence-corrected chi connectivity index (χ3v) is 4.43. The van der Waals surface area contributed by atoms with Gasteiger partial charge in [0.1, 0.15) is 0 Å². The van der Waals surface area contributed by atoms with E-state index in [1.807, 2.05) is 24.3 Å². The SMILES string of the molecule is CC1(C)CC(=O)/C(=C\c2ccccc2)C/C(=C\c2ccccc2)C1. The van der Waals surface area contributed by atoms with Crippen LogP contribution in [0.2, 0.25) is 0 Å². The van der Waals surface area contributed by atoms with Crippen LogP contribution in [-0.4, -0.2) is 5.78 Å². The summed E-state index contributed by atoms with van der Waals surface area (Å²) in [5, 5.41) is 0. The summed E-state index contributed by atoms with van der Waals surface area (Å²) in [6, 6.07) is 20.5. The van der Waals surface area contributed by atoms with E-state index in [4.69, 9.17) is 0 Å². The lowest BCUT2D eigenvalue weighted by Crippen LogP contribution is -2.15. The number of carbonyl (C=O) groups is 1. The van der Waals surface area contributed by atoms with Crippen LogP contribution in [0, 0.1) is 5.41 Å². The molecule has 0 unspecified atom stereocenters. The number of hydrogen-bond acceptors (Lipinski definition) is 1. The lowest BCUT2D eigenvalue weighted by molar-refractivity contribution is -0.117. The van der Waals surface area contributed by atoms with Crippen molar-refractivity contribution in [2.45, 2.75) is 33.1 Å². The lowest BCUT2D eigenvalue weighted by atomic mass is 9.83. The Kier molecular flexibility index (Phi) is 4.80. The molecule has 0 spiro atoms.